The highest BCUT2D eigenvalue weighted by atomic mass is 19.1. The molecule has 1 fully saturated rings. The third kappa shape index (κ3) is 3.32. The van der Waals surface area contributed by atoms with Crippen molar-refractivity contribution in [2.75, 3.05) is 19.4 Å². The van der Waals surface area contributed by atoms with Gasteiger partial charge in [-0.3, -0.25) is 24.1 Å². The number of aliphatic hydroxyl groups excluding tert-OH is 2. The second-order valence-electron chi connectivity index (χ2n) is 10.7. The maximum Gasteiger partial charge on any atom is 0.255 e. The van der Waals surface area contributed by atoms with Crippen molar-refractivity contribution in [2.45, 2.75) is 42.9 Å². The second kappa shape index (κ2) is 8.09. The fourth-order valence-corrected chi connectivity index (χ4v) is 5.98. The lowest BCUT2D eigenvalue weighted by Crippen LogP contribution is -2.63. The van der Waals surface area contributed by atoms with Gasteiger partial charge in [-0.05, 0) is 45.7 Å². The Morgan fingerprint density at radius 1 is 1.18 bits per heavy atom. The molecule has 4 aliphatic rings. The Hall–Kier alpha value is -3.81. The minimum Gasteiger partial charge on any atom is -0.510 e. The largest absolute Gasteiger partial charge is 0.510 e. The van der Waals surface area contributed by atoms with Crippen LogP contribution in [0.15, 0.2) is 28.7 Å². The molecule has 1 aromatic rings. The zero-order valence-corrected chi connectivity index (χ0v) is 20.5. The molecule has 12 nitrogen and oxygen atoms in total. The van der Waals surface area contributed by atoms with Gasteiger partial charge in [0.05, 0.1) is 22.8 Å². The van der Waals surface area contributed by atoms with Gasteiger partial charge in [0.2, 0.25) is 11.7 Å². The molecular formula is C25H27FN4O8. The van der Waals surface area contributed by atoms with Crippen molar-refractivity contribution in [2.24, 2.45) is 23.3 Å². The zero-order chi connectivity index (χ0) is 28.1. The minimum atomic E-state index is -2.80. The number of fused-ring (bicyclic) bond motifs is 3. The smallest absolute Gasteiger partial charge is 0.255 e. The van der Waals surface area contributed by atoms with Crippen LogP contribution in [0.25, 0.3) is 0 Å². The van der Waals surface area contributed by atoms with E-state index in [0.717, 1.165) is 6.07 Å². The SMILES string of the molecule is CN(C)[C@@H]1C(O)=C(C(N)=O)C(=O)[C@@]2(O)C(O)=C3C(=O)c4c(O)c(NC(=O)C5(N)CC5)cc(F)c4C[C@H]3C[C@@H]12. The third-order valence-corrected chi connectivity index (χ3v) is 8.16. The Labute approximate surface area is 215 Å². The number of hydrogen-bond donors (Lipinski definition) is 7. The Morgan fingerprint density at radius 2 is 1.82 bits per heavy atom. The molecule has 38 heavy (non-hydrogen) atoms. The molecule has 0 unspecified atom stereocenters. The first-order valence-electron chi connectivity index (χ1n) is 11.9. The number of nitrogens with zero attached hydrogens (tertiary/aromatic N) is 1. The van der Waals surface area contributed by atoms with Crippen LogP contribution in [-0.2, 0) is 20.8 Å². The van der Waals surface area contributed by atoms with Crippen LogP contribution in [0.3, 0.4) is 0 Å². The first-order valence-corrected chi connectivity index (χ1v) is 11.9. The van der Waals surface area contributed by atoms with E-state index in [1.165, 1.54) is 19.0 Å². The highest BCUT2D eigenvalue weighted by molar-refractivity contribution is 6.25. The Morgan fingerprint density at radius 3 is 2.37 bits per heavy atom. The van der Waals surface area contributed by atoms with Crippen LogP contribution in [0.4, 0.5) is 10.1 Å². The Bertz CT molecular complexity index is 1410. The predicted octanol–water partition coefficient (Wildman–Crippen LogP) is -0.310. The summed E-state index contributed by atoms with van der Waals surface area (Å²) >= 11 is 0. The van der Waals surface area contributed by atoms with Gasteiger partial charge in [-0.1, -0.05) is 0 Å². The maximum atomic E-state index is 15.2. The molecule has 0 spiro atoms. The van der Waals surface area contributed by atoms with E-state index in [0.29, 0.717) is 12.8 Å². The number of ketones is 2. The molecule has 9 N–H and O–H groups in total. The maximum absolute atomic E-state index is 15.2. The predicted molar refractivity (Wildman–Crippen MR) is 128 cm³/mol. The molecule has 202 valence electrons. The second-order valence-corrected chi connectivity index (χ2v) is 10.7. The molecule has 1 aromatic carbocycles. The van der Waals surface area contributed by atoms with Crippen LogP contribution in [0.2, 0.25) is 0 Å². The van der Waals surface area contributed by atoms with Gasteiger partial charge >= 0.3 is 0 Å². The van der Waals surface area contributed by atoms with Crippen molar-refractivity contribution in [3.63, 3.8) is 0 Å². The van der Waals surface area contributed by atoms with E-state index in [-0.39, 0.29) is 18.4 Å². The molecular weight excluding hydrogens is 503 g/mol. The van der Waals surface area contributed by atoms with Crippen molar-refractivity contribution in [1.29, 1.82) is 0 Å². The fraction of sp³-hybridized carbons (Fsp3) is 0.440. The summed E-state index contributed by atoms with van der Waals surface area (Å²) in [6.45, 7) is 0. The molecule has 0 saturated heterocycles. The number of allylic oxidation sites excluding steroid dienone is 1. The molecule has 4 aliphatic carbocycles. The van der Waals surface area contributed by atoms with Crippen LogP contribution < -0.4 is 16.8 Å². The van der Waals surface area contributed by atoms with Crippen LogP contribution in [0.1, 0.15) is 35.2 Å². The number of Topliss-reactive ketones (excluding diaryl/α,β-unsaturated/α-hetero) is 2. The lowest BCUT2D eigenvalue weighted by molar-refractivity contribution is -0.148. The number of anilines is 1. The van der Waals surface area contributed by atoms with E-state index in [1.807, 2.05) is 0 Å². The number of nitrogens with one attached hydrogen (secondary N) is 1. The van der Waals surface area contributed by atoms with E-state index < -0.39 is 97.9 Å². The molecule has 5 rings (SSSR count). The number of aromatic hydroxyl groups is 1. The van der Waals surface area contributed by atoms with Gasteiger partial charge in [-0.2, -0.15) is 0 Å². The van der Waals surface area contributed by atoms with Crippen LogP contribution >= 0.6 is 0 Å². The van der Waals surface area contributed by atoms with Gasteiger partial charge in [-0.15, -0.1) is 0 Å². The lowest BCUT2D eigenvalue weighted by Gasteiger charge is -2.50. The number of nitrogens with two attached hydrogens (primary N) is 2. The Kier molecular flexibility index (Phi) is 5.50. The van der Waals surface area contributed by atoms with E-state index in [1.54, 1.807) is 0 Å². The molecule has 0 aliphatic heterocycles. The van der Waals surface area contributed by atoms with Gasteiger partial charge in [0.15, 0.2) is 17.1 Å². The molecule has 0 bridgehead atoms. The van der Waals surface area contributed by atoms with Crippen molar-refractivity contribution >= 4 is 29.1 Å². The van der Waals surface area contributed by atoms with E-state index in [2.05, 4.69) is 5.32 Å². The van der Waals surface area contributed by atoms with Crippen LogP contribution in [-0.4, -0.2) is 80.0 Å². The number of aliphatic hydroxyl groups is 3. The number of rotatable bonds is 4. The van der Waals surface area contributed by atoms with E-state index >= 15 is 4.39 Å². The Balaban J connectivity index is 1.65. The summed E-state index contributed by atoms with van der Waals surface area (Å²) in [5.41, 5.74) is 4.73. The average Bonchev–Trinajstić information content (AvgIpc) is 3.57. The highest BCUT2D eigenvalue weighted by Gasteiger charge is 2.63. The highest BCUT2D eigenvalue weighted by Crippen LogP contribution is 2.53. The molecule has 0 radical (unpaired) electrons. The van der Waals surface area contributed by atoms with Crippen molar-refractivity contribution in [3.05, 3.63) is 45.7 Å². The number of carbonyl (C=O) groups is 4. The minimum absolute atomic E-state index is 0.167. The number of benzene rings is 1. The van der Waals surface area contributed by atoms with E-state index in [4.69, 9.17) is 11.5 Å². The lowest BCUT2D eigenvalue weighted by atomic mass is 9.58. The van der Waals surface area contributed by atoms with Gasteiger partial charge in [0, 0.05) is 23.1 Å². The average molecular weight is 531 g/mol. The molecule has 4 atom stereocenters. The van der Waals surface area contributed by atoms with Crippen molar-refractivity contribution in [1.82, 2.24) is 4.90 Å². The van der Waals surface area contributed by atoms with Crippen LogP contribution in [0, 0.1) is 17.7 Å². The number of likely N-dealkylation sites (N-methyl/N-ethyl adjacent to an activating group) is 1. The molecule has 2 amide bonds. The van der Waals surface area contributed by atoms with Gasteiger partial charge in [0.1, 0.15) is 22.9 Å². The zero-order valence-electron chi connectivity index (χ0n) is 20.5. The molecule has 1 saturated carbocycles. The monoisotopic (exact) mass is 530 g/mol. The molecule has 0 aromatic heterocycles. The number of phenols is 1. The summed E-state index contributed by atoms with van der Waals surface area (Å²) in [7, 11) is 3.02. The molecule has 13 heteroatoms. The van der Waals surface area contributed by atoms with Crippen LogP contribution in [0.5, 0.6) is 5.75 Å². The topological polar surface area (TPSA) is 217 Å². The van der Waals surface area contributed by atoms with Crippen molar-refractivity contribution < 1.29 is 44.0 Å². The number of primary amides is 1. The summed E-state index contributed by atoms with van der Waals surface area (Å²) in [4.78, 5) is 52.7. The normalized spacial score (nSPS) is 29.6. The number of phenolic OH excluding ortho intramolecular Hbond substituents is 1. The number of carbonyl (C=O) groups excluding carboxylic acids is 4. The number of halogens is 1. The standard InChI is InChI=1S/C25H27FN4O8/c1-30(2)16-10-6-8-5-9-11(26)7-12(29-23(37)24(28)3-4-24)17(31)14(9)18(32)13(8)20(34)25(10,38)21(35)15(19(16)33)22(27)36/h7-8,10,16,31,33-34,38H,3-6,28H2,1-2H3,(H2,27,36)(H,29,37)/t8-,10-,16-,25-/m0/s1. The summed E-state index contributed by atoms with van der Waals surface area (Å²) in [5.74, 6) is -9.98. The van der Waals surface area contributed by atoms with Crippen molar-refractivity contribution in [3.8, 4) is 5.75 Å². The first kappa shape index (κ1) is 25.8. The summed E-state index contributed by atoms with van der Waals surface area (Å²) < 4.78 is 15.2. The van der Waals surface area contributed by atoms with Gasteiger partial charge in [0.25, 0.3) is 5.91 Å². The third-order valence-electron chi connectivity index (χ3n) is 8.16. The quantitative estimate of drug-likeness (QED) is 0.199. The number of amides is 2. The molecule has 0 heterocycles. The summed E-state index contributed by atoms with van der Waals surface area (Å²) in [6.07, 6.45) is 0.421. The summed E-state index contributed by atoms with van der Waals surface area (Å²) in [5, 5.41) is 46.8. The summed E-state index contributed by atoms with van der Waals surface area (Å²) in [6, 6.07) is -0.276. The van der Waals surface area contributed by atoms with E-state index in [9.17, 15) is 39.6 Å². The van der Waals surface area contributed by atoms with Gasteiger partial charge < -0.3 is 37.2 Å². The van der Waals surface area contributed by atoms with Gasteiger partial charge in [-0.25, -0.2) is 4.39 Å². The number of hydrogen-bond acceptors (Lipinski definition) is 10. The fourth-order valence-electron chi connectivity index (χ4n) is 5.98. The first-order chi connectivity index (χ1) is 17.6.